The first kappa shape index (κ1) is 24.7. The van der Waals surface area contributed by atoms with Gasteiger partial charge in [0.1, 0.15) is 11.4 Å². The number of nitrogens with one attached hydrogen (secondary N) is 2. The van der Waals surface area contributed by atoms with Crippen LogP contribution in [-0.4, -0.2) is 42.6 Å². The molecule has 2 atom stereocenters. The van der Waals surface area contributed by atoms with E-state index in [-0.39, 0.29) is 5.54 Å². The Kier molecular flexibility index (Phi) is 8.48. The summed E-state index contributed by atoms with van der Waals surface area (Å²) < 4.78 is 10.6. The molecule has 6 nitrogen and oxygen atoms in total. The van der Waals surface area contributed by atoms with E-state index in [0.29, 0.717) is 13.0 Å². The summed E-state index contributed by atoms with van der Waals surface area (Å²) >= 11 is 0. The highest BCUT2D eigenvalue weighted by atomic mass is 16.6. The van der Waals surface area contributed by atoms with Gasteiger partial charge in [0.25, 0.3) is 0 Å². The van der Waals surface area contributed by atoms with Crippen molar-refractivity contribution in [3.8, 4) is 5.75 Å². The fourth-order valence-electron chi connectivity index (χ4n) is 3.22. The van der Waals surface area contributed by atoms with Crippen molar-refractivity contribution in [1.29, 1.82) is 0 Å². The zero-order chi connectivity index (χ0) is 23.1. The summed E-state index contributed by atoms with van der Waals surface area (Å²) in [6.07, 6.45) is -0.863. The fraction of sp³-hybridized carbons (Fsp3) is 0.480. The van der Waals surface area contributed by atoms with Gasteiger partial charge in [0, 0.05) is 12.1 Å². The lowest BCUT2D eigenvalue weighted by Crippen LogP contribution is -2.52. The van der Waals surface area contributed by atoms with Crippen molar-refractivity contribution < 1.29 is 19.4 Å². The maximum absolute atomic E-state index is 12.4. The van der Waals surface area contributed by atoms with E-state index in [0.717, 1.165) is 16.9 Å². The van der Waals surface area contributed by atoms with Gasteiger partial charge in [0.05, 0.1) is 19.3 Å². The number of hydrogen-bond donors (Lipinski definition) is 3. The molecular formula is C25H36N2O4. The van der Waals surface area contributed by atoms with E-state index in [1.807, 2.05) is 75.4 Å². The molecule has 0 saturated heterocycles. The van der Waals surface area contributed by atoms with Gasteiger partial charge in [0.2, 0.25) is 0 Å². The van der Waals surface area contributed by atoms with Crippen molar-refractivity contribution in [2.24, 2.45) is 0 Å². The first-order valence-electron chi connectivity index (χ1n) is 10.6. The molecular weight excluding hydrogens is 392 g/mol. The van der Waals surface area contributed by atoms with Crippen LogP contribution in [0.2, 0.25) is 0 Å². The number of benzene rings is 2. The molecule has 6 heteroatoms. The topological polar surface area (TPSA) is 79.8 Å². The summed E-state index contributed by atoms with van der Waals surface area (Å²) in [5, 5.41) is 17.2. The molecule has 0 bridgehead atoms. The van der Waals surface area contributed by atoms with Gasteiger partial charge in [-0.25, -0.2) is 4.79 Å². The van der Waals surface area contributed by atoms with E-state index in [9.17, 15) is 9.90 Å². The van der Waals surface area contributed by atoms with Crippen LogP contribution in [-0.2, 0) is 16.7 Å². The van der Waals surface area contributed by atoms with Gasteiger partial charge in [0.15, 0.2) is 0 Å². The molecule has 0 heterocycles. The number of hydrogen-bond acceptors (Lipinski definition) is 5. The number of methoxy groups -OCH3 is 1. The lowest BCUT2D eigenvalue weighted by atomic mass is 9.93. The summed E-state index contributed by atoms with van der Waals surface area (Å²) in [6, 6.07) is 17.1. The highest BCUT2D eigenvalue weighted by Crippen LogP contribution is 2.23. The summed E-state index contributed by atoms with van der Waals surface area (Å²) in [6.45, 7) is 9.84. The van der Waals surface area contributed by atoms with E-state index in [1.54, 1.807) is 7.11 Å². The van der Waals surface area contributed by atoms with Crippen LogP contribution in [0.4, 0.5) is 4.79 Å². The summed E-state index contributed by atoms with van der Waals surface area (Å²) in [7, 11) is 1.64. The van der Waals surface area contributed by atoms with Crippen molar-refractivity contribution in [3.63, 3.8) is 0 Å². The lowest BCUT2D eigenvalue weighted by molar-refractivity contribution is 0.0415. The molecule has 0 unspecified atom stereocenters. The molecule has 1 amide bonds. The average Bonchev–Trinajstić information content (AvgIpc) is 2.71. The van der Waals surface area contributed by atoms with Gasteiger partial charge in [-0.3, -0.25) is 0 Å². The molecule has 0 fully saturated rings. The molecule has 0 aliphatic rings. The molecule has 170 valence electrons. The minimum Gasteiger partial charge on any atom is -0.497 e. The fourth-order valence-corrected chi connectivity index (χ4v) is 3.22. The number of carbonyl (C=O) groups is 1. The summed E-state index contributed by atoms with van der Waals surface area (Å²) in [5.74, 6) is 0.795. The van der Waals surface area contributed by atoms with Crippen molar-refractivity contribution in [2.75, 3.05) is 13.7 Å². The maximum Gasteiger partial charge on any atom is 0.407 e. The third-order valence-corrected chi connectivity index (χ3v) is 5.03. The summed E-state index contributed by atoms with van der Waals surface area (Å²) in [4.78, 5) is 12.4. The molecule has 31 heavy (non-hydrogen) atoms. The van der Waals surface area contributed by atoms with E-state index in [1.165, 1.54) is 0 Å². The van der Waals surface area contributed by atoms with Gasteiger partial charge in [-0.05, 0) is 64.3 Å². The molecule has 2 aromatic carbocycles. The number of rotatable bonds is 9. The predicted molar refractivity (Wildman–Crippen MR) is 123 cm³/mol. The van der Waals surface area contributed by atoms with Gasteiger partial charge in [-0.15, -0.1) is 0 Å². The smallest absolute Gasteiger partial charge is 0.407 e. The Bertz CT molecular complexity index is 814. The van der Waals surface area contributed by atoms with Crippen molar-refractivity contribution >= 4 is 6.09 Å². The average molecular weight is 429 g/mol. The minimum atomic E-state index is -0.815. The molecule has 0 aliphatic heterocycles. The van der Waals surface area contributed by atoms with E-state index < -0.39 is 23.8 Å². The molecule has 0 aliphatic carbocycles. The normalized spacial score (nSPS) is 13.9. The molecule has 0 saturated carbocycles. The van der Waals surface area contributed by atoms with Crippen LogP contribution in [0.5, 0.6) is 5.75 Å². The second-order valence-electron chi connectivity index (χ2n) is 9.24. The second-order valence-corrected chi connectivity index (χ2v) is 9.24. The maximum atomic E-state index is 12.4. The lowest BCUT2D eigenvalue weighted by Gasteiger charge is -2.31. The third kappa shape index (κ3) is 8.23. The van der Waals surface area contributed by atoms with Crippen LogP contribution in [0.15, 0.2) is 54.6 Å². The first-order valence-corrected chi connectivity index (χ1v) is 10.6. The van der Waals surface area contributed by atoms with Gasteiger partial charge in [-0.1, -0.05) is 42.5 Å². The molecule has 0 radical (unpaired) electrons. The van der Waals surface area contributed by atoms with Crippen LogP contribution >= 0.6 is 0 Å². The monoisotopic (exact) mass is 428 g/mol. The largest absolute Gasteiger partial charge is 0.497 e. The highest BCUT2D eigenvalue weighted by Gasteiger charge is 2.27. The van der Waals surface area contributed by atoms with Crippen molar-refractivity contribution in [2.45, 2.75) is 64.3 Å². The number of carbonyl (C=O) groups excluding carboxylic acids is 1. The van der Waals surface area contributed by atoms with Crippen LogP contribution in [0, 0.1) is 0 Å². The van der Waals surface area contributed by atoms with Gasteiger partial charge >= 0.3 is 6.09 Å². The number of aliphatic hydroxyl groups excluding tert-OH is 1. The van der Waals surface area contributed by atoms with Crippen LogP contribution < -0.4 is 15.4 Å². The number of alkyl carbamates (subject to hydrolysis) is 1. The number of ether oxygens (including phenoxy) is 2. The SMILES string of the molecule is COc1ccc(C(C)(C)NC[C@@H](O)[C@H](Cc2ccccc2)NC(=O)OC(C)(C)C)cc1. The Morgan fingerprint density at radius 3 is 2.16 bits per heavy atom. The van der Waals surface area contributed by atoms with Crippen molar-refractivity contribution in [3.05, 3.63) is 65.7 Å². The van der Waals surface area contributed by atoms with Crippen molar-refractivity contribution in [1.82, 2.24) is 10.6 Å². The quantitative estimate of drug-likeness (QED) is 0.562. The molecule has 0 spiro atoms. The Morgan fingerprint density at radius 2 is 1.61 bits per heavy atom. The molecule has 2 aromatic rings. The number of aliphatic hydroxyl groups is 1. The second kappa shape index (κ2) is 10.6. The standard InChI is InChI=1S/C25H36N2O4/c1-24(2,3)31-23(29)27-21(16-18-10-8-7-9-11-18)22(28)17-26-25(4,5)19-12-14-20(30-6)15-13-19/h7-15,21-22,26,28H,16-17H2,1-6H3,(H,27,29)/t21-,22+/m0/s1. The Labute approximate surface area is 186 Å². The minimum absolute atomic E-state index is 0.298. The number of amides is 1. The van der Waals surface area contributed by atoms with Crippen LogP contribution in [0.3, 0.4) is 0 Å². The predicted octanol–water partition coefficient (Wildman–Crippen LogP) is 4.02. The van der Waals surface area contributed by atoms with Crippen LogP contribution in [0.25, 0.3) is 0 Å². The van der Waals surface area contributed by atoms with Gasteiger partial charge in [-0.2, -0.15) is 0 Å². The Balaban J connectivity index is 2.07. The summed E-state index contributed by atoms with van der Waals surface area (Å²) in [5.41, 5.74) is 1.11. The molecule has 0 aromatic heterocycles. The zero-order valence-corrected chi connectivity index (χ0v) is 19.4. The highest BCUT2D eigenvalue weighted by molar-refractivity contribution is 5.68. The molecule has 3 N–H and O–H groups in total. The van der Waals surface area contributed by atoms with E-state index in [2.05, 4.69) is 24.5 Å². The van der Waals surface area contributed by atoms with E-state index in [4.69, 9.17) is 9.47 Å². The van der Waals surface area contributed by atoms with Crippen LogP contribution in [0.1, 0.15) is 45.7 Å². The Morgan fingerprint density at radius 1 is 1.00 bits per heavy atom. The zero-order valence-electron chi connectivity index (χ0n) is 19.4. The Hall–Kier alpha value is -2.57. The third-order valence-electron chi connectivity index (χ3n) is 5.03. The van der Waals surface area contributed by atoms with E-state index >= 15 is 0 Å². The first-order chi connectivity index (χ1) is 14.5. The molecule has 2 rings (SSSR count). The van der Waals surface area contributed by atoms with Gasteiger partial charge < -0.3 is 25.2 Å².